The molecule has 6 heteroatoms. The number of pyridine rings is 1. The minimum absolute atomic E-state index is 0.102. The number of nitrogens with two attached hydrogens (primary N) is 1. The van der Waals surface area contributed by atoms with Gasteiger partial charge in [-0.1, -0.05) is 12.1 Å². The standard InChI is InChI=1S/C15H13N3O3/c1-21-11-7-3-2-5-9(11)12-13(16)18-8-4-6-10(15(19)20)14(18)17-12/h2-8H,16H2,1H3,(H,19,20). The second-order valence-corrected chi connectivity index (χ2v) is 4.47. The van der Waals surface area contributed by atoms with Crippen LogP contribution >= 0.6 is 0 Å². The molecule has 3 N–H and O–H groups in total. The average Bonchev–Trinajstić information content (AvgIpc) is 2.84. The summed E-state index contributed by atoms with van der Waals surface area (Å²) in [4.78, 5) is 15.7. The van der Waals surface area contributed by atoms with E-state index in [0.29, 0.717) is 22.9 Å². The third-order valence-corrected chi connectivity index (χ3v) is 3.28. The molecule has 0 radical (unpaired) electrons. The van der Waals surface area contributed by atoms with Crippen LogP contribution in [0, 0.1) is 0 Å². The van der Waals surface area contributed by atoms with Gasteiger partial charge in [0.1, 0.15) is 22.8 Å². The van der Waals surface area contributed by atoms with Crippen molar-refractivity contribution in [2.75, 3.05) is 12.8 Å². The second-order valence-electron chi connectivity index (χ2n) is 4.47. The molecule has 6 nitrogen and oxygen atoms in total. The molecule has 2 heterocycles. The van der Waals surface area contributed by atoms with Crippen LogP contribution in [-0.4, -0.2) is 27.6 Å². The van der Waals surface area contributed by atoms with Crippen LogP contribution in [0.1, 0.15) is 10.4 Å². The summed E-state index contributed by atoms with van der Waals surface area (Å²) in [5.74, 6) is -0.0424. The number of fused-ring (bicyclic) bond motifs is 1. The van der Waals surface area contributed by atoms with E-state index in [1.54, 1.807) is 29.8 Å². The lowest BCUT2D eigenvalue weighted by atomic mass is 10.1. The zero-order valence-corrected chi connectivity index (χ0v) is 11.3. The number of carboxylic acids is 1. The predicted molar refractivity (Wildman–Crippen MR) is 78.6 cm³/mol. The van der Waals surface area contributed by atoms with Crippen molar-refractivity contribution in [3.8, 4) is 17.0 Å². The Morgan fingerprint density at radius 1 is 1.29 bits per heavy atom. The van der Waals surface area contributed by atoms with Gasteiger partial charge in [0.15, 0.2) is 5.65 Å². The van der Waals surface area contributed by atoms with Gasteiger partial charge in [-0.05, 0) is 24.3 Å². The topological polar surface area (TPSA) is 89.8 Å². The van der Waals surface area contributed by atoms with Crippen molar-refractivity contribution in [3.63, 3.8) is 0 Å². The first kappa shape index (κ1) is 13.0. The molecule has 1 aromatic carbocycles. The van der Waals surface area contributed by atoms with Crippen LogP contribution < -0.4 is 10.5 Å². The van der Waals surface area contributed by atoms with Crippen molar-refractivity contribution in [3.05, 3.63) is 48.2 Å². The van der Waals surface area contributed by atoms with Crippen LogP contribution in [0.2, 0.25) is 0 Å². The van der Waals surface area contributed by atoms with Gasteiger partial charge in [-0.15, -0.1) is 0 Å². The molecule has 0 bridgehead atoms. The molecule has 0 spiro atoms. The lowest BCUT2D eigenvalue weighted by molar-refractivity contribution is 0.0698. The molecule has 21 heavy (non-hydrogen) atoms. The zero-order chi connectivity index (χ0) is 15.0. The largest absolute Gasteiger partial charge is 0.496 e. The fourth-order valence-electron chi connectivity index (χ4n) is 2.29. The van der Waals surface area contributed by atoms with Gasteiger partial charge in [-0.25, -0.2) is 9.78 Å². The number of carboxylic acid groups (broad SMARTS) is 1. The summed E-state index contributed by atoms with van der Waals surface area (Å²) >= 11 is 0. The molecule has 0 aliphatic heterocycles. The van der Waals surface area contributed by atoms with Crippen LogP contribution in [0.15, 0.2) is 42.6 Å². The Morgan fingerprint density at radius 2 is 2.05 bits per heavy atom. The Kier molecular flexibility index (Phi) is 2.98. The first-order valence-corrected chi connectivity index (χ1v) is 6.26. The third kappa shape index (κ3) is 1.97. The van der Waals surface area contributed by atoms with E-state index < -0.39 is 5.97 Å². The number of methoxy groups -OCH3 is 1. The van der Waals surface area contributed by atoms with Crippen LogP contribution in [0.3, 0.4) is 0 Å². The molecule has 2 aromatic heterocycles. The zero-order valence-electron chi connectivity index (χ0n) is 11.3. The molecule has 0 aliphatic rings. The molecular formula is C15H13N3O3. The molecule has 0 atom stereocenters. The number of benzene rings is 1. The van der Waals surface area contributed by atoms with Gasteiger partial charge in [-0.3, -0.25) is 4.40 Å². The number of aromatic carboxylic acids is 1. The van der Waals surface area contributed by atoms with E-state index in [1.807, 2.05) is 18.2 Å². The SMILES string of the molecule is COc1ccccc1-c1nc2c(C(=O)O)cccn2c1N. The van der Waals surface area contributed by atoms with Gasteiger partial charge in [0.2, 0.25) is 0 Å². The van der Waals surface area contributed by atoms with Crippen molar-refractivity contribution >= 4 is 17.4 Å². The minimum atomic E-state index is -1.04. The molecule has 0 fully saturated rings. The van der Waals surface area contributed by atoms with Crippen molar-refractivity contribution in [1.29, 1.82) is 0 Å². The quantitative estimate of drug-likeness (QED) is 0.769. The van der Waals surface area contributed by atoms with E-state index in [9.17, 15) is 9.90 Å². The number of hydrogen-bond acceptors (Lipinski definition) is 4. The number of anilines is 1. The highest BCUT2D eigenvalue weighted by Gasteiger charge is 2.18. The maximum absolute atomic E-state index is 11.3. The van der Waals surface area contributed by atoms with Crippen LogP contribution in [0.5, 0.6) is 5.75 Å². The number of nitrogens with zero attached hydrogens (tertiary/aromatic N) is 2. The van der Waals surface area contributed by atoms with E-state index in [4.69, 9.17) is 10.5 Å². The van der Waals surface area contributed by atoms with Crippen LogP contribution in [0.4, 0.5) is 5.82 Å². The Morgan fingerprint density at radius 3 is 2.76 bits per heavy atom. The molecule has 3 aromatic rings. The normalized spacial score (nSPS) is 10.7. The Bertz CT molecular complexity index is 839. The summed E-state index contributed by atoms with van der Waals surface area (Å²) in [6.45, 7) is 0. The Labute approximate surface area is 120 Å². The average molecular weight is 283 g/mol. The van der Waals surface area contributed by atoms with Gasteiger partial charge < -0.3 is 15.6 Å². The van der Waals surface area contributed by atoms with E-state index in [0.717, 1.165) is 5.56 Å². The fourth-order valence-corrected chi connectivity index (χ4v) is 2.29. The van der Waals surface area contributed by atoms with Crippen molar-refractivity contribution in [1.82, 2.24) is 9.38 Å². The van der Waals surface area contributed by atoms with E-state index in [-0.39, 0.29) is 5.56 Å². The number of nitrogen functional groups attached to an aromatic ring is 1. The molecule has 0 saturated heterocycles. The van der Waals surface area contributed by atoms with Crippen molar-refractivity contribution < 1.29 is 14.6 Å². The number of imidazole rings is 1. The van der Waals surface area contributed by atoms with E-state index in [2.05, 4.69) is 4.98 Å². The number of aromatic nitrogens is 2. The lowest BCUT2D eigenvalue weighted by Gasteiger charge is -2.06. The van der Waals surface area contributed by atoms with E-state index >= 15 is 0 Å². The van der Waals surface area contributed by atoms with Gasteiger partial charge in [0, 0.05) is 11.8 Å². The highest BCUT2D eigenvalue weighted by atomic mass is 16.5. The number of carbonyl (C=O) groups is 1. The number of hydrogen-bond donors (Lipinski definition) is 2. The molecule has 0 saturated carbocycles. The highest BCUT2D eigenvalue weighted by molar-refractivity contribution is 5.96. The third-order valence-electron chi connectivity index (χ3n) is 3.28. The highest BCUT2D eigenvalue weighted by Crippen LogP contribution is 2.33. The first-order chi connectivity index (χ1) is 10.1. The monoisotopic (exact) mass is 283 g/mol. The van der Waals surface area contributed by atoms with Crippen molar-refractivity contribution in [2.24, 2.45) is 0 Å². The van der Waals surface area contributed by atoms with E-state index in [1.165, 1.54) is 6.07 Å². The molecule has 0 amide bonds. The molecule has 0 unspecified atom stereocenters. The van der Waals surface area contributed by atoms with Crippen LogP contribution in [-0.2, 0) is 0 Å². The van der Waals surface area contributed by atoms with Gasteiger partial charge in [0.05, 0.1) is 7.11 Å². The summed E-state index contributed by atoms with van der Waals surface area (Å²) in [7, 11) is 1.56. The smallest absolute Gasteiger partial charge is 0.339 e. The number of ether oxygens (including phenoxy) is 1. The molecule has 3 rings (SSSR count). The second kappa shape index (κ2) is 4.82. The van der Waals surface area contributed by atoms with Gasteiger partial charge in [-0.2, -0.15) is 0 Å². The Balaban J connectivity index is 2.32. The first-order valence-electron chi connectivity index (χ1n) is 6.26. The van der Waals surface area contributed by atoms with Gasteiger partial charge >= 0.3 is 5.97 Å². The minimum Gasteiger partial charge on any atom is -0.496 e. The molecule has 106 valence electrons. The summed E-state index contributed by atoms with van der Waals surface area (Å²) in [6.07, 6.45) is 1.68. The summed E-state index contributed by atoms with van der Waals surface area (Å²) in [5.41, 5.74) is 7.75. The predicted octanol–water partition coefficient (Wildman–Crippen LogP) is 2.29. The molecular weight excluding hydrogens is 270 g/mol. The summed E-state index contributed by atoms with van der Waals surface area (Å²) < 4.78 is 6.87. The number of rotatable bonds is 3. The summed E-state index contributed by atoms with van der Waals surface area (Å²) in [6, 6.07) is 10.4. The summed E-state index contributed by atoms with van der Waals surface area (Å²) in [5, 5.41) is 9.24. The molecule has 0 aliphatic carbocycles. The van der Waals surface area contributed by atoms with Crippen LogP contribution in [0.25, 0.3) is 16.9 Å². The lowest BCUT2D eigenvalue weighted by Crippen LogP contribution is -2.01. The number of para-hydroxylation sites is 1. The van der Waals surface area contributed by atoms with Crippen molar-refractivity contribution in [2.45, 2.75) is 0 Å². The van der Waals surface area contributed by atoms with Gasteiger partial charge in [0.25, 0.3) is 0 Å². The fraction of sp³-hybridized carbons (Fsp3) is 0.0667. The Hall–Kier alpha value is -3.02. The maximum atomic E-state index is 11.3. The maximum Gasteiger partial charge on any atom is 0.339 e.